The number of aliphatic carboxylic acids is 1. The van der Waals surface area contributed by atoms with E-state index in [1.165, 1.54) is 0 Å². The lowest BCUT2D eigenvalue weighted by Crippen LogP contribution is -2.61. The lowest BCUT2D eigenvalue weighted by molar-refractivity contribution is -0.146. The summed E-state index contributed by atoms with van der Waals surface area (Å²) in [6.45, 7) is 1.99. The van der Waals surface area contributed by atoms with E-state index in [1.807, 2.05) is 23.9 Å². The predicted octanol–water partition coefficient (Wildman–Crippen LogP) is 0.699. The molecule has 8 heteroatoms. The number of likely N-dealkylation sites (N-methyl/N-ethyl adjacent to an activating group) is 1. The Balaban J connectivity index is 1.71. The fourth-order valence-electron chi connectivity index (χ4n) is 3.73. The molecule has 1 aliphatic heterocycles. The minimum absolute atomic E-state index is 0.116. The van der Waals surface area contributed by atoms with Gasteiger partial charge in [0.1, 0.15) is 0 Å². The highest BCUT2D eigenvalue weighted by molar-refractivity contribution is 5.92. The van der Waals surface area contributed by atoms with E-state index >= 15 is 0 Å². The zero-order valence-electron chi connectivity index (χ0n) is 14.3. The summed E-state index contributed by atoms with van der Waals surface area (Å²) >= 11 is 0. The number of carboxylic acid groups (broad SMARTS) is 1. The molecule has 2 fully saturated rings. The highest BCUT2D eigenvalue weighted by Gasteiger charge is 2.50. The van der Waals surface area contributed by atoms with Gasteiger partial charge in [0.25, 0.3) is 5.91 Å². The number of aromatic nitrogens is 3. The van der Waals surface area contributed by atoms with Gasteiger partial charge in [-0.3, -0.25) is 14.3 Å². The maximum absolute atomic E-state index is 12.9. The van der Waals surface area contributed by atoms with Crippen LogP contribution in [-0.4, -0.2) is 74.5 Å². The van der Waals surface area contributed by atoms with Crippen molar-refractivity contribution in [3.8, 4) is 0 Å². The molecule has 1 amide bonds. The molecule has 2 aliphatic rings. The lowest BCUT2D eigenvalue weighted by atomic mass is 9.67. The second-order valence-corrected chi connectivity index (χ2v) is 7.23. The van der Waals surface area contributed by atoms with Gasteiger partial charge in [0.2, 0.25) is 0 Å². The van der Waals surface area contributed by atoms with Crippen LogP contribution in [0.2, 0.25) is 0 Å². The molecule has 1 aliphatic carbocycles. The van der Waals surface area contributed by atoms with Crippen molar-refractivity contribution in [3.63, 3.8) is 0 Å². The molecule has 24 heavy (non-hydrogen) atoms. The third-order valence-corrected chi connectivity index (χ3v) is 5.31. The third-order valence-electron chi connectivity index (χ3n) is 5.31. The summed E-state index contributed by atoms with van der Waals surface area (Å²) in [6, 6.07) is 0. The number of carbonyl (C=O) groups excluding carboxylic acids is 1. The Kier molecular flexibility index (Phi) is 4.58. The van der Waals surface area contributed by atoms with Crippen molar-refractivity contribution >= 4 is 11.9 Å². The molecule has 3 rings (SSSR count). The number of carbonyl (C=O) groups is 2. The molecule has 1 unspecified atom stereocenters. The first-order chi connectivity index (χ1) is 11.4. The van der Waals surface area contributed by atoms with Crippen LogP contribution in [0.25, 0.3) is 0 Å². The van der Waals surface area contributed by atoms with Gasteiger partial charge >= 0.3 is 5.97 Å². The molecule has 1 saturated carbocycles. The lowest BCUT2D eigenvalue weighted by Gasteiger charge is -2.54. The molecule has 0 aromatic carbocycles. The highest BCUT2D eigenvalue weighted by Crippen LogP contribution is 2.46. The molecular weight excluding hydrogens is 310 g/mol. The number of likely N-dealkylation sites (tertiary alicyclic amines) is 1. The van der Waals surface area contributed by atoms with Crippen molar-refractivity contribution in [1.29, 1.82) is 0 Å². The van der Waals surface area contributed by atoms with E-state index in [-0.39, 0.29) is 17.4 Å². The third kappa shape index (κ3) is 3.15. The Morgan fingerprint density at radius 2 is 2.17 bits per heavy atom. The Morgan fingerprint density at radius 3 is 2.75 bits per heavy atom. The average Bonchev–Trinajstić information content (AvgIpc) is 2.99. The number of nitrogens with zero attached hydrogens (tertiary/aromatic N) is 5. The monoisotopic (exact) mass is 335 g/mol. The van der Waals surface area contributed by atoms with Gasteiger partial charge in [-0.15, -0.1) is 5.10 Å². The van der Waals surface area contributed by atoms with Crippen molar-refractivity contribution in [2.24, 2.45) is 5.92 Å². The highest BCUT2D eigenvalue weighted by atomic mass is 16.4. The molecule has 0 radical (unpaired) electrons. The quantitative estimate of drug-likeness (QED) is 0.852. The predicted molar refractivity (Wildman–Crippen MR) is 86.6 cm³/mol. The number of carboxylic acids is 1. The summed E-state index contributed by atoms with van der Waals surface area (Å²) in [4.78, 5) is 28.1. The van der Waals surface area contributed by atoms with Gasteiger partial charge in [-0.05, 0) is 46.2 Å². The fourth-order valence-corrected chi connectivity index (χ4v) is 3.73. The number of hydrogen-bond donors (Lipinski definition) is 1. The molecule has 132 valence electrons. The Hall–Kier alpha value is -1.96. The molecule has 2 heterocycles. The second kappa shape index (κ2) is 6.51. The SMILES string of the molecule is CN(C)CCn1cc(C(=O)N2CCC(C(=O)O)CC23CCC3)nn1. The number of piperidine rings is 1. The van der Waals surface area contributed by atoms with Crippen LogP contribution < -0.4 is 0 Å². The van der Waals surface area contributed by atoms with E-state index in [9.17, 15) is 14.7 Å². The topological polar surface area (TPSA) is 91.6 Å². The van der Waals surface area contributed by atoms with Crippen LogP contribution in [0.5, 0.6) is 0 Å². The van der Waals surface area contributed by atoms with Gasteiger partial charge in [-0.1, -0.05) is 5.21 Å². The van der Waals surface area contributed by atoms with Gasteiger partial charge in [0.15, 0.2) is 5.69 Å². The molecule has 1 saturated heterocycles. The standard InChI is InChI=1S/C16H25N5O3/c1-19(2)8-9-20-11-13(17-18-20)14(22)21-7-4-12(15(23)24)10-16(21)5-3-6-16/h11-12H,3-10H2,1-2H3,(H,23,24). The normalized spacial score (nSPS) is 22.6. The van der Waals surface area contributed by atoms with Crippen LogP contribution in [0.3, 0.4) is 0 Å². The van der Waals surface area contributed by atoms with Gasteiger partial charge in [0, 0.05) is 18.6 Å². The van der Waals surface area contributed by atoms with Gasteiger partial charge in [0.05, 0.1) is 18.7 Å². The minimum atomic E-state index is -0.747. The largest absolute Gasteiger partial charge is 0.481 e. The summed E-state index contributed by atoms with van der Waals surface area (Å²) < 4.78 is 1.69. The molecule has 0 bridgehead atoms. The van der Waals surface area contributed by atoms with E-state index < -0.39 is 5.97 Å². The van der Waals surface area contributed by atoms with Crippen LogP contribution in [0.15, 0.2) is 6.20 Å². The summed E-state index contributed by atoms with van der Waals surface area (Å²) in [5.41, 5.74) is 0.0695. The van der Waals surface area contributed by atoms with Crippen molar-refractivity contribution in [1.82, 2.24) is 24.8 Å². The number of hydrogen-bond acceptors (Lipinski definition) is 5. The molecule has 1 spiro atoms. The number of rotatable bonds is 5. The molecule has 1 atom stereocenters. The average molecular weight is 335 g/mol. The van der Waals surface area contributed by atoms with Crippen LogP contribution in [0.4, 0.5) is 0 Å². The van der Waals surface area contributed by atoms with Crippen LogP contribution in [0.1, 0.15) is 42.6 Å². The molecule has 1 aromatic rings. The van der Waals surface area contributed by atoms with Crippen molar-refractivity contribution in [2.75, 3.05) is 27.2 Å². The first-order valence-corrected chi connectivity index (χ1v) is 8.51. The summed E-state index contributed by atoms with van der Waals surface area (Å²) in [7, 11) is 3.96. The maximum atomic E-state index is 12.9. The molecule has 1 N–H and O–H groups in total. The first-order valence-electron chi connectivity index (χ1n) is 8.51. The van der Waals surface area contributed by atoms with Crippen molar-refractivity contribution < 1.29 is 14.7 Å². The van der Waals surface area contributed by atoms with Crippen molar-refractivity contribution in [3.05, 3.63) is 11.9 Å². The van der Waals surface area contributed by atoms with Gasteiger partial charge in [-0.25, -0.2) is 0 Å². The van der Waals surface area contributed by atoms with E-state index in [2.05, 4.69) is 10.3 Å². The van der Waals surface area contributed by atoms with Crippen molar-refractivity contribution in [2.45, 2.75) is 44.2 Å². The maximum Gasteiger partial charge on any atom is 0.306 e. The summed E-state index contributed by atoms with van der Waals surface area (Å²) in [5, 5.41) is 17.4. The zero-order valence-corrected chi connectivity index (χ0v) is 14.3. The second-order valence-electron chi connectivity index (χ2n) is 7.23. The van der Waals surface area contributed by atoms with E-state index in [4.69, 9.17) is 0 Å². The van der Waals surface area contributed by atoms with Crippen LogP contribution in [0, 0.1) is 5.92 Å². The van der Waals surface area contributed by atoms with Crippen LogP contribution >= 0.6 is 0 Å². The van der Waals surface area contributed by atoms with Gasteiger partial charge in [-0.2, -0.15) is 0 Å². The van der Waals surface area contributed by atoms with Gasteiger partial charge < -0.3 is 14.9 Å². The summed E-state index contributed by atoms with van der Waals surface area (Å²) in [6.07, 6.45) is 5.59. The zero-order chi connectivity index (χ0) is 17.3. The smallest absolute Gasteiger partial charge is 0.306 e. The Morgan fingerprint density at radius 1 is 1.42 bits per heavy atom. The first kappa shape index (κ1) is 16.9. The van der Waals surface area contributed by atoms with E-state index in [0.29, 0.717) is 31.6 Å². The fraction of sp³-hybridized carbons (Fsp3) is 0.750. The van der Waals surface area contributed by atoms with Crippen LogP contribution in [-0.2, 0) is 11.3 Å². The minimum Gasteiger partial charge on any atom is -0.481 e. The Labute approximate surface area is 141 Å². The Bertz CT molecular complexity index is 623. The molecular formula is C16H25N5O3. The molecule has 1 aromatic heterocycles. The van der Waals surface area contributed by atoms with E-state index in [1.54, 1.807) is 10.9 Å². The number of amides is 1. The summed E-state index contributed by atoms with van der Waals surface area (Å²) in [5.74, 6) is -1.21. The van der Waals surface area contributed by atoms with E-state index in [0.717, 1.165) is 25.8 Å². The molecule has 8 nitrogen and oxygen atoms in total.